The molecule has 29 heavy (non-hydrogen) atoms. The molecule has 1 heterocycles. The van der Waals surface area contributed by atoms with Gasteiger partial charge in [-0.3, -0.25) is 9.59 Å². The van der Waals surface area contributed by atoms with Crippen molar-refractivity contribution in [2.45, 2.75) is 13.8 Å². The fourth-order valence-electron chi connectivity index (χ4n) is 2.68. The predicted molar refractivity (Wildman–Crippen MR) is 111 cm³/mol. The lowest BCUT2D eigenvalue weighted by molar-refractivity contribution is -0.115. The maximum absolute atomic E-state index is 13.1. The van der Waals surface area contributed by atoms with Gasteiger partial charge in [-0.05, 0) is 55.8 Å². The molecule has 0 aliphatic heterocycles. The number of carbonyl (C=O) groups is 2. The molecule has 1 aromatic heterocycles. The summed E-state index contributed by atoms with van der Waals surface area (Å²) in [5.41, 5.74) is 2.79. The Hall–Kier alpha value is -3.26. The second kappa shape index (κ2) is 8.83. The van der Waals surface area contributed by atoms with Crippen molar-refractivity contribution in [2.24, 2.45) is 0 Å². The first-order valence-corrected chi connectivity index (χ1v) is 9.65. The summed E-state index contributed by atoms with van der Waals surface area (Å²) >= 11 is 1.19. The van der Waals surface area contributed by atoms with Crippen LogP contribution < -0.4 is 15.4 Å². The Morgan fingerprint density at radius 2 is 1.86 bits per heavy atom. The van der Waals surface area contributed by atoms with E-state index in [0.29, 0.717) is 27.0 Å². The van der Waals surface area contributed by atoms with E-state index in [1.165, 1.54) is 30.6 Å². The van der Waals surface area contributed by atoms with Crippen LogP contribution in [0.25, 0.3) is 10.6 Å². The number of amides is 2. The minimum absolute atomic E-state index is 0.195. The molecule has 0 bridgehead atoms. The van der Waals surface area contributed by atoms with Crippen molar-refractivity contribution in [3.63, 3.8) is 0 Å². The van der Waals surface area contributed by atoms with Crippen LogP contribution in [0.5, 0.6) is 5.75 Å². The number of nitrogens with zero attached hydrogens (tertiary/aromatic N) is 1. The molecule has 0 atom stereocenters. The molecule has 0 aliphatic carbocycles. The van der Waals surface area contributed by atoms with Crippen molar-refractivity contribution in [3.05, 3.63) is 64.4 Å². The van der Waals surface area contributed by atoms with Crippen molar-refractivity contribution < 1.29 is 18.7 Å². The van der Waals surface area contributed by atoms with E-state index in [2.05, 4.69) is 15.6 Å². The number of halogens is 1. The van der Waals surface area contributed by atoms with Gasteiger partial charge in [-0.25, -0.2) is 9.37 Å². The second-order valence-corrected chi connectivity index (χ2v) is 7.37. The van der Waals surface area contributed by atoms with Crippen LogP contribution in [0.15, 0.2) is 42.5 Å². The molecule has 2 aromatic carbocycles. The summed E-state index contributed by atoms with van der Waals surface area (Å²) in [5.74, 6) is -0.559. The quantitative estimate of drug-likeness (QED) is 0.641. The topological polar surface area (TPSA) is 80.3 Å². The van der Waals surface area contributed by atoms with E-state index in [1.54, 1.807) is 31.2 Å². The molecular weight excluding hydrogens is 393 g/mol. The Morgan fingerprint density at radius 1 is 1.14 bits per heavy atom. The minimum Gasteiger partial charge on any atom is -0.495 e. The van der Waals surface area contributed by atoms with Crippen molar-refractivity contribution in [1.29, 1.82) is 0 Å². The van der Waals surface area contributed by atoms with Gasteiger partial charge >= 0.3 is 0 Å². The Morgan fingerprint density at radius 3 is 2.55 bits per heavy atom. The number of hydrogen-bond acceptors (Lipinski definition) is 5. The summed E-state index contributed by atoms with van der Waals surface area (Å²) in [6.07, 6.45) is 0. The zero-order valence-corrected chi connectivity index (χ0v) is 17.0. The lowest BCUT2D eigenvalue weighted by Crippen LogP contribution is -2.32. The molecule has 0 radical (unpaired) electrons. The van der Waals surface area contributed by atoms with Crippen LogP contribution in [0.3, 0.4) is 0 Å². The van der Waals surface area contributed by atoms with E-state index in [4.69, 9.17) is 4.74 Å². The standard InChI is InChI=1S/C21H20FN3O3S/c1-12-4-9-17(28-3)16(10-12)25-18(26)11-23-20(27)19-13(2)24-21(29-19)14-5-7-15(22)8-6-14/h4-10H,11H2,1-3H3,(H,23,27)(H,25,26). The molecule has 2 N–H and O–H groups in total. The van der Waals surface area contributed by atoms with Gasteiger partial charge in [0.05, 0.1) is 25.0 Å². The van der Waals surface area contributed by atoms with Crippen molar-refractivity contribution in [2.75, 3.05) is 19.0 Å². The summed E-state index contributed by atoms with van der Waals surface area (Å²) in [5, 5.41) is 5.95. The summed E-state index contributed by atoms with van der Waals surface area (Å²) in [7, 11) is 1.52. The highest BCUT2D eigenvalue weighted by atomic mass is 32.1. The lowest BCUT2D eigenvalue weighted by atomic mass is 10.2. The highest BCUT2D eigenvalue weighted by molar-refractivity contribution is 7.17. The first-order chi connectivity index (χ1) is 13.9. The lowest BCUT2D eigenvalue weighted by Gasteiger charge is -2.11. The molecule has 0 unspecified atom stereocenters. The number of hydrogen-bond donors (Lipinski definition) is 2. The molecular formula is C21H20FN3O3S. The SMILES string of the molecule is COc1ccc(C)cc1NC(=O)CNC(=O)c1sc(-c2ccc(F)cc2)nc1C. The monoisotopic (exact) mass is 413 g/mol. The first-order valence-electron chi connectivity index (χ1n) is 8.83. The molecule has 6 nitrogen and oxygen atoms in total. The molecule has 3 rings (SSSR count). The summed E-state index contributed by atoms with van der Waals surface area (Å²) in [4.78, 5) is 29.5. The van der Waals surface area contributed by atoms with Gasteiger partial charge in [0.1, 0.15) is 21.5 Å². The van der Waals surface area contributed by atoms with Crippen LogP contribution >= 0.6 is 11.3 Å². The van der Waals surface area contributed by atoms with Gasteiger partial charge in [0.2, 0.25) is 5.91 Å². The van der Waals surface area contributed by atoms with Gasteiger partial charge in [0.15, 0.2) is 0 Å². The number of methoxy groups -OCH3 is 1. The number of thiazole rings is 1. The largest absolute Gasteiger partial charge is 0.495 e. The van der Waals surface area contributed by atoms with E-state index in [-0.39, 0.29) is 24.2 Å². The van der Waals surface area contributed by atoms with E-state index in [0.717, 1.165) is 11.1 Å². The van der Waals surface area contributed by atoms with Gasteiger partial charge in [-0.1, -0.05) is 6.07 Å². The molecule has 2 amide bonds. The van der Waals surface area contributed by atoms with Gasteiger partial charge < -0.3 is 15.4 Å². The number of aromatic nitrogens is 1. The molecule has 0 fully saturated rings. The highest BCUT2D eigenvalue weighted by Gasteiger charge is 2.17. The molecule has 0 aliphatic rings. The molecule has 3 aromatic rings. The highest BCUT2D eigenvalue weighted by Crippen LogP contribution is 2.28. The molecule has 0 saturated heterocycles. The third-order valence-corrected chi connectivity index (χ3v) is 5.34. The Bertz CT molecular complexity index is 1050. The summed E-state index contributed by atoms with van der Waals surface area (Å²) in [6.45, 7) is 3.43. The third kappa shape index (κ3) is 4.97. The number of ether oxygens (including phenoxy) is 1. The number of carbonyl (C=O) groups excluding carboxylic acids is 2. The van der Waals surface area contributed by atoms with Crippen LogP contribution in [-0.4, -0.2) is 30.5 Å². The maximum atomic E-state index is 13.1. The molecule has 8 heteroatoms. The van der Waals surface area contributed by atoms with Crippen LogP contribution in [0, 0.1) is 19.7 Å². The van der Waals surface area contributed by atoms with E-state index in [9.17, 15) is 14.0 Å². The van der Waals surface area contributed by atoms with Crippen molar-refractivity contribution in [3.8, 4) is 16.3 Å². The smallest absolute Gasteiger partial charge is 0.263 e. The van der Waals surface area contributed by atoms with Gasteiger partial charge in [0.25, 0.3) is 5.91 Å². The zero-order chi connectivity index (χ0) is 21.0. The van der Waals surface area contributed by atoms with Gasteiger partial charge in [0, 0.05) is 5.56 Å². The fraction of sp³-hybridized carbons (Fsp3) is 0.190. The van der Waals surface area contributed by atoms with Crippen molar-refractivity contribution >= 4 is 28.8 Å². The van der Waals surface area contributed by atoms with Crippen LogP contribution in [0.4, 0.5) is 10.1 Å². The van der Waals surface area contributed by atoms with Gasteiger partial charge in [-0.15, -0.1) is 11.3 Å². The van der Waals surface area contributed by atoms with E-state index in [1.807, 2.05) is 13.0 Å². The fourth-order valence-corrected chi connectivity index (χ4v) is 3.67. The third-order valence-electron chi connectivity index (χ3n) is 4.13. The van der Waals surface area contributed by atoms with Crippen LogP contribution in [0.1, 0.15) is 20.9 Å². The van der Waals surface area contributed by atoms with Crippen LogP contribution in [0.2, 0.25) is 0 Å². The molecule has 0 saturated carbocycles. The average Bonchev–Trinajstić information content (AvgIpc) is 3.08. The van der Waals surface area contributed by atoms with Crippen LogP contribution in [-0.2, 0) is 4.79 Å². The summed E-state index contributed by atoms with van der Waals surface area (Å²) < 4.78 is 18.3. The Kier molecular flexibility index (Phi) is 6.23. The number of nitrogens with one attached hydrogen (secondary N) is 2. The number of anilines is 1. The van der Waals surface area contributed by atoms with E-state index < -0.39 is 0 Å². The minimum atomic E-state index is -0.389. The predicted octanol–water partition coefficient (Wildman–Crippen LogP) is 3.94. The number of rotatable bonds is 6. The average molecular weight is 413 g/mol. The Labute approximate surface area is 171 Å². The Balaban J connectivity index is 1.64. The molecule has 0 spiro atoms. The summed E-state index contributed by atoms with van der Waals surface area (Å²) in [6, 6.07) is 11.3. The number of benzene rings is 2. The zero-order valence-electron chi connectivity index (χ0n) is 16.2. The van der Waals surface area contributed by atoms with Gasteiger partial charge in [-0.2, -0.15) is 0 Å². The maximum Gasteiger partial charge on any atom is 0.263 e. The normalized spacial score (nSPS) is 10.5. The second-order valence-electron chi connectivity index (χ2n) is 6.38. The molecule has 150 valence electrons. The van der Waals surface area contributed by atoms with E-state index >= 15 is 0 Å². The van der Waals surface area contributed by atoms with Crippen molar-refractivity contribution in [1.82, 2.24) is 10.3 Å². The number of aryl methyl sites for hydroxylation is 2. The first kappa shape index (κ1) is 20.5.